The Hall–Kier alpha value is -3.86. The van der Waals surface area contributed by atoms with Crippen LogP contribution in [0.25, 0.3) is 0 Å². The normalized spacial score (nSPS) is 19.4. The second-order valence-corrected chi connectivity index (χ2v) is 10.0. The van der Waals surface area contributed by atoms with E-state index in [-0.39, 0.29) is 29.8 Å². The van der Waals surface area contributed by atoms with Gasteiger partial charge >= 0.3 is 12.4 Å². The van der Waals surface area contributed by atoms with E-state index < -0.39 is 53.8 Å². The van der Waals surface area contributed by atoms with E-state index in [4.69, 9.17) is 0 Å². The molecule has 2 aliphatic rings. The van der Waals surface area contributed by atoms with E-state index in [0.717, 1.165) is 17.7 Å². The summed E-state index contributed by atoms with van der Waals surface area (Å²) in [5, 5.41) is 12.4. The van der Waals surface area contributed by atoms with Crippen LogP contribution in [0.2, 0.25) is 0 Å². The number of nitrogens with one attached hydrogen (secondary N) is 1. The summed E-state index contributed by atoms with van der Waals surface area (Å²) in [6, 6.07) is 12.8. The van der Waals surface area contributed by atoms with Crippen molar-refractivity contribution in [3.05, 3.63) is 106 Å². The van der Waals surface area contributed by atoms with Crippen molar-refractivity contribution in [1.29, 1.82) is 0 Å². The second kappa shape index (κ2) is 10.3. The maximum absolute atomic E-state index is 13.8. The molecule has 0 unspecified atom stereocenters. The third-order valence-corrected chi connectivity index (χ3v) is 7.15. The third kappa shape index (κ3) is 5.56. The van der Waals surface area contributed by atoms with Crippen molar-refractivity contribution < 1.29 is 41.0 Å². The Kier molecular flexibility index (Phi) is 7.11. The summed E-state index contributed by atoms with van der Waals surface area (Å²) in [6.45, 7) is -0.883. The van der Waals surface area contributed by atoms with E-state index in [9.17, 15) is 41.0 Å². The molecule has 5 nitrogen and oxygen atoms in total. The number of halogens is 6. The van der Waals surface area contributed by atoms with Crippen molar-refractivity contribution in [2.75, 3.05) is 0 Å². The minimum Gasteiger partial charge on any atom is -0.392 e. The van der Waals surface area contributed by atoms with Crippen molar-refractivity contribution in [1.82, 2.24) is 10.2 Å². The summed E-state index contributed by atoms with van der Waals surface area (Å²) in [7, 11) is 0. The SMILES string of the molecule is O=C(NC1CC1)[C@@H]1c2ccccc2C(=O)N(Cc2cc(C(F)(F)F)cc(C(F)(F)F)c2)[C@H]1c1ccc(CO)cc1. The van der Waals surface area contributed by atoms with Crippen LogP contribution < -0.4 is 5.32 Å². The van der Waals surface area contributed by atoms with Gasteiger partial charge in [0.1, 0.15) is 0 Å². The topological polar surface area (TPSA) is 69.6 Å². The monoisotopic (exact) mass is 562 g/mol. The number of aliphatic hydroxyl groups is 1. The molecule has 1 aliphatic carbocycles. The molecule has 1 heterocycles. The summed E-state index contributed by atoms with van der Waals surface area (Å²) in [5.74, 6) is -2.01. The zero-order valence-corrected chi connectivity index (χ0v) is 20.9. The molecule has 1 saturated carbocycles. The van der Waals surface area contributed by atoms with Gasteiger partial charge in [-0.25, -0.2) is 0 Å². The number of nitrogens with zero attached hydrogens (tertiary/aromatic N) is 1. The minimum atomic E-state index is -5.05. The van der Waals surface area contributed by atoms with Crippen LogP contribution in [0.4, 0.5) is 26.3 Å². The standard InChI is InChI=1S/C29H24F6N2O3/c30-28(31,32)19-11-17(12-20(13-19)29(33,34)35)14-37-25(18-7-5-16(15-38)6-8-18)24(26(39)36-21-9-10-21)22-3-1-2-4-23(22)27(37)40/h1-8,11-13,21,24-25,38H,9-10,14-15H2,(H,36,39)/t24-,25+/m1/s1. The summed E-state index contributed by atoms with van der Waals surface area (Å²) in [6.07, 6.45) is -8.55. The quantitative estimate of drug-likeness (QED) is 0.364. The number of hydrogen-bond donors (Lipinski definition) is 2. The van der Waals surface area contributed by atoms with Crippen LogP contribution in [-0.2, 0) is 30.3 Å². The molecule has 2 atom stereocenters. The maximum atomic E-state index is 13.8. The number of hydrogen-bond acceptors (Lipinski definition) is 3. The van der Waals surface area contributed by atoms with Gasteiger partial charge in [-0.3, -0.25) is 9.59 Å². The minimum absolute atomic E-state index is 0.0355. The van der Waals surface area contributed by atoms with Crippen molar-refractivity contribution in [2.45, 2.75) is 56.3 Å². The molecule has 210 valence electrons. The molecule has 1 fully saturated rings. The number of fused-ring (bicyclic) bond motifs is 1. The first-order chi connectivity index (χ1) is 18.9. The Bertz CT molecular complexity index is 1400. The highest BCUT2D eigenvalue weighted by Gasteiger charge is 2.45. The number of carbonyl (C=O) groups excluding carboxylic acids is 2. The van der Waals surface area contributed by atoms with Crippen molar-refractivity contribution in [3.63, 3.8) is 0 Å². The first kappa shape index (κ1) is 27.7. The largest absolute Gasteiger partial charge is 0.416 e. The highest BCUT2D eigenvalue weighted by Crippen LogP contribution is 2.45. The van der Waals surface area contributed by atoms with Crippen LogP contribution in [-0.4, -0.2) is 27.9 Å². The average Bonchev–Trinajstić information content (AvgIpc) is 3.73. The number of aliphatic hydroxyl groups excluding tert-OH is 1. The molecule has 0 bridgehead atoms. The van der Waals surface area contributed by atoms with Gasteiger partial charge in [-0.1, -0.05) is 42.5 Å². The summed E-state index contributed by atoms with van der Waals surface area (Å²) >= 11 is 0. The first-order valence-corrected chi connectivity index (χ1v) is 12.5. The molecule has 3 aromatic carbocycles. The van der Waals surface area contributed by atoms with E-state index in [1.807, 2.05) is 0 Å². The zero-order chi connectivity index (χ0) is 28.8. The predicted molar refractivity (Wildman–Crippen MR) is 132 cm³/mol. The van der Waals surface area contributed by atoms with Crippen molar-refractivity contribution >= 4 is 11.8 Å². The molecule has 2 N–H and O–H groups in total. The van der Waals surface area contributed by atoms with Gasteiger partial charge in [0.25, 0.3) is 5.91 Å². The average molecular weight is 563 g/mol. The lowest BCUT2D eigenvalue weighted by atomic mass is 9.78. The summed E-state index contributed by atoms with van der Waals surface area (Å²) in [4.78, 5) is 28.6. The van der Waals surface area contributed by atoms with Gasteiger partial charge in [-0.05, 0) is 59.4 Å². The van der Waals surface area contributed by atoms with Crippen LogP contribution >= 0.6 is 0 Å². The fourth-order valence-corrected chi connectivity index (χ4v) is 5.07. The van der Waals surface area contributed by atoms with Crippen LogP contribution in [0, 0.1) is 0 Å². The van der Waals surface area contributed by atoms with Gasteiger partial charge in [0, 0.05) is 18.2 Å². The lowest BCUT2D eigenvalue weighted by Crippen LogP contribution is -2.47. The molecule has 0 radical (unpaired) electrons. The Labute approximate surface area is 225 Å². The molecule has 0 spiro atoms. The highest BCUT2D eigenvalue weighted by atomic mass is 19.4. The highest BCUT2D eigenvalue weighted by molar-refractivity contribution is 6.01. The molecular weight excluding hydrogens is 538 g/mol. The lowest BCUT2D eigenvalue weighted by molar-refractivity contribution is -0.143. The summed E-state index contributed by atoms with van der Waals surface area (Å²) in [5.41, 5.74) is -1.82. The molecule has 40 heavy (non-hydrogen) atoms. The van der Waals surface area contributed by atoms with Crippen molar-refractivity contribution in [3.8, 4) is 0 Å². The van der Waals surface area contributed by atoms with E-state index >= 15 is 0 Å². The number of amides is 2. The number of rotatable bonds is 6. The smallest absolute Gasteiger partial charge is 0.392 e. The number of benzene rings is 3. The van der Waals surface area contributed by atoms with Crippen molar-refractivity contribution in [2.24, 2.45) is 0 Å². The van der Waals surface area contributed by atoms with Gasteiger partial charge in [-0.15, -0.1) is 0 Å². The zero-order valence-electron chi connectivity index (χ0n) is 20.9. The molecular formula is C29H24F6N2O3. The van der Waals surface area contributed by atoms with E-state index in [1.54, 1.807) is 42.5 Å². The maximum Gasteiger partial charge on any atom is 0.416 e. The Balaban J connectivity index is 1.66. The molecule has 1 aliphatic heterocycles. The molecule has 5 rings (SSSR count). The molecule has 3 aromatic rings. The third-order valence-electron chi connectivity index (χ3n) is 7.15. The predicted octanol–water partition coefficient (Wildman–Crippen LogP) is 5.98. The lowest BCUT2D eigenvalue weighted by Gasteiger charge is -2.42. The van der Waals surface area contributed by atoms with Crippen LogP contribution in [0.1, 0.15) is 68.5 Å². The Morgan fingerprint density at radius 2 is 1.48 bits per heavy atom. The Morgan fingerprint density at radius 3 is 2.02 bits per heavy atom. The van der Waals surface area contributed by atoms with E-state index in [1.165, 1.54) is 6.07 Å². The van der Waals surface area contributed by atoms with Gasteiger partial charge in [-0.2, -0.15) is 26.3 Å². The fourth-order valence-electron chi connectivity index (χ4n) is 5.07. The van der Waals surface area contributed by atoms with Gasteiger partial charge in [0.2, 0.25) is 5.91 Å². The van der Waals surface area contributed by atoms with Crippen LogP contribution in [0.15, 0.2) is 66.7 Å². The molecule has 0 aromatic heterocycles. The number of carbonyl (C=O) groups is 2. The second-order valence-electron chi connectivity index (χ2n) is 10.0. The van der Waals surface area contributed by atoms with Gasteiger partial charge in [0.15, 0.2) is 0 Å². The van der Waals surface area contributed by atoms with E-state index in [2.05, 4.69) is 5.32 Å². The number of alkyl halides is 6. The van der Waals surface area contributed by atoms with Crippen LogP contribution in [0.5, 0.6) is 0 Å². The first-order valence-electron chi connectivity index (χ1n) is 12.5. The fraction of sp³-hybridized carbons (Fsp3) is 0.310. The Morgan fingerprint density at radius 1 is 0.875 bits per heavy atom. The van der Waals surface area contributed by atoms with Crippen LogP contribution in [0.3, 0.4) is 0 Å². The summed E-state index contributed by atoms with van der Waals surface area (Å²) < 4.78 is 81.5. The molecule has 0 saturated heterocycles. The van der Waals surface area contributed by atoms with Gasteiger partial charge < -0.3 is 15.3 Å². The van der Waals surface area contributed by atoms with E-state index in [0.29, 0.717) is 28.8 Å². The molecule has 2 amide bonds. The van der Waals surface area contributed by atoms with Gasteiger partial charge in [0.05, 0.1) is 29.7 Å². The molecule has 11 heteroatoms.